The van der Waals surface area contributed by atoms with Crippen molar-refractivity contribution in [3.05, 3.63) is 78.2 Å². The molecule has 24 heavy (non-hydrogen) atoms. The Hall–Kier alpha value is -3.19. The van der Waals surface area contributed by atoms with E-state index in [1.807, 2.05) is 54.7 Å². The average Bonchev–Trinajstić information content (AvgIpc) is 3.16. The Morgan fingerprint density at radius 1 is 1.08 bits per heavy atom. The van der Waals surface area contributed by atoms with Gasteiger partial charge in [-0.05, 0) is 23.3 Å². The number of nitrogens with zero attached hydrogens (tertiary/aromatic N) is 3. The molecule has 2 N–H and O–H groups in total. The molecule has 0 aliphatic heterocycles. The monoisotopic (exact) mass is 323 g/mol. The van der Waals surface area contributed by atoms with Crippen LogP contribution in [0.25, 0.3) is 5.82 Å². The molecule has 0 saturated heterocycles. The zero-order valence-electron chi connectivity index (χ0n) is 12.9. The number of carbonyl (C=O) groups excluding carboxylic acids is 1. The molecule has 2 aromatic heterocycles. The largest absolute Gasteiger partial charge is 0.338 e. The molecule has 2 heterocycles. The second-order valence-electron chi connectivity index (χ2n) is 5.03. The minimum atomic E-state index is -0.401. The first-order valence-electron chi connectivity index (χ1n) is 7.46. The third-order valence-corrected chi connectivity index (χ3v) is 3.25. The van der Waals surface area contributed by atoms with Crippen LogP contribution < -0.4 is 10.8 Å². The number of benzene rings is 1. The Bertz CT molecular complexity index is 757. The minimum Gasteiger partial charge on any atom is -0.332 e. The topological polar surface area (TPSA) is 81.1 Å². The lowest BCUT2D eigenvalue weighted by molar-refractivity contribution is 0.0490. The van der Waals surface area contributed by atoms with Crippen molar-refractivity contribution in [2.45, 2.75) is 13.2 Å². The maximum absolute atomic E-state index is 11.7. The van der Waals surface area contributed by atoms with E-state index < -0.39 is 6.03 Å². The van der Waals surface area contributed by atoms with Crippen molar-refractivity contribution in [1.82, 2.24) is 25.6 Å². The number of hydroxylamine groups is 1. The Morgan fingerprint density at radius 3 is 2.67 bits per heavy atom. The van der Waals surface area contributed by atoms with Gasteiger partial charge in [-0.25, -0.2) is 19.9 Å². The first kappa shape index (κ1) is 15.7. The summed E-state index contributed by atoms with van der Waals surface area (Å²) >= 11 is 0. The standard InChI is InChI=1S/C17H17N5O2/c23-17(21-24-13-14-5-2-1-3-6-14)19-12-15-7-8-16(18-11-15)22-10-4-9-20-22/h1-11H,12-13H2,(H2,19,21,23). The highest BCUT2D eigenvalue weighted by molar-refractivity contribution is 5.72. The smallest absolute Gasteiger partial charge is 0.332 e. The maximum atomic E-state index is 11.7. The molecule has 1 aromatic carbocycles. The fourth-order valence-electron chi connectivity index (χ4n) is 2.04. The van der Waals surface area contributed by atoms with Crippen LogP contribution in [-0.2, 0) is 18.0 Å². The molecule has 0 unspecified atom stereocenters. The molecule has 0 atom stereocenters. The van der Waals surface area contributed by atoms with Gasteiger partial charge in [-0.1, -0.05) is 36.4 Å². The molecule has 0 radical (unpaired) electrons. The van der Waals surface area contributed by atoms with Crippen molar-refractivity contribution >= 4 is 6.03 Å². The fourth-order valence-corrected chi connectivity index (χ4v) is 2.04. The van der Waals surface area contributed by atoms with Crippen molar-refractivity contribution < 1.29 is 9.63 Å². The van der Waals surface area contributed by atoms with E-state index in [0.29, 0.717) is 13.2 Å². The molecule has 7 nitrogen and oxygen atoms in total. The normalized spacial score (nSPS) is 10.3. The highest BCUT2D eigenvalue weighted by Crippen LogP contribution is 2.04. The molecule has 2 amide bonds. The third-order valence-electron chi connectivity index (χ3n) is 3.25. The van der Waals surface area contributed by atoms with Crippen LogP contribution in [-0.4, -0.2) is 20.8 Å². The maximum Gasteiger partial charge on any atom is 0.338 e. The summed E-state index contributed by atoms with van der Waals surface area (Å²) in [4.78, 5) is 21.1. The summed E-state index contributed by atoms with van der Waals surface area (Å²) in [6.07, 6.45) is 5.21. The molecule has 122 valence electrons. The summed E-state index contributed by atoms with van der Waals surface area (Å²) in [6, 6.07) is 14.8. The highest BCUT2D eigenvalue weighted by Gasteiger charge is 2.02. The molecule has 3 rings (SSSR count). The number of aromatic nitrogens is 3. The average molecular weight is 323 g/mol. The second-order valence-corrected chi connectivity index (χ2v) is 5.03. The lowest BCUT2D eigenvalue weighted by atomic mass is 10.2. The van der Waals surface area contributed by atoms with E-state index in [-0.39, 0.29) is 0 Å². The number of amides is 2. The summed E-state index contributed by atoms with van der Waals surface area (Å²) in [7, 11) is 0. The van der Waals surface area contributed by atoms with Gasteiger partial charge in [0.25, 0.3) is 0 Å². The van der Waals surface area contributed by atoms with Crippen molar-refractivity contribution in [3.8, 4) is 5.82 Å². The number of pyridine rings is 1. The molecule has 0 aliphatic carbocycles. The van der Waals surface area contributed by atoms with Gasteiger partial charge < -0.3 is 5.32 Å². The number of rotatable bonds is 6. The summed E-state index contributed by atoms with van der Waals surface area (Å²) in [5.74, 6) is 0.722. The summed E-state index contributed by atoms with van der Waals surface area (Å²) < 4.78 is 1.67. The van der Waals surface area contributed by atoms with E-state index in [4.69, 9.17) is 4.84 Å². The van der Waals surface area contributed by atoms with E-state index in [1.54, 1.807) is 17.1 Å². The first-order valence-corrected chi connectivity index (χ1v) is 7.46. The third kappa shape index (κ3) is 4.40. The van der Waals surface area contributed by atoms with Crippen molar-refractivity contribution in [2.75, 3.05) is 0 Å². The number of urea groups is 1. The van der Waals surface area contributed by atoms with Crippen LogP contribution in [0, 0.1) is 0 Å². The Labute approximate surface area is 139 Å². The van der Waals surface area contributed by atoms with Crippen LogP contribution in [0.5, 0.6) is 0 Å². The quantitative estimate of drug-likeness (QED) is 0.682. The summed E-state index contributed by atoms with van der Waals surface area (Å²) in [5, 5.41) is 6.81. The van der Waals surface area contributed by atoms with Crippen LogP contribution in [0.3, 0.4) is 0 Å². The highest BCUT2D eigenvalue weighted by atomic mass is 16.7. The molecular weight excluding hydrogens is 306 g/mol. The van der Waals surface area contributed by atoms with Gasteiger partial charge in [0.2, 0.25) is 0 Å². The lowest BCUT2D eigenvalue weighted by Gasteiger charge is -2.08. The molecule has 3 aromatic rings. The Balaban J connectivity index is 1.41. The number of carbonyl (C=O) groups is 1. The predicted molar refractivity (Wildman–Crippen MR) is 88.0 cm³/mol. The van der Waals surface area contributed by atoms with Crippen LogP contribution in [0.2, 0.25) is 0 Å². The van der Waals surface area contributed by atoms with E-state index in [9.17, 15) is 4.79 Å². The van der Waals surface area contributed by atoms with E-state index in [0.717, 1.165) is 16.9 Å². The number of hydrogen-bond acceptors (Lipinski definition) is 4. The van der Waals surface area contributed by atoms with Gasteiger partial charge in [-0.15, -0.1) is 0 Å². The van der Waals surface area contributed by atoms with Gasteiger partial charge in [0, 0.05) is 25.1 Å². The van der Waals surface area contributed by atoms with Crippen molar-refractivity contribution in [3.63, 3.8) is 0 Å². The van der Waals surface area contributed by atoms with Gasteiger partial charge in [-0.2, -0.15) is 5.10 Å². The van der Waals surface area contributed by atoms with Crippen LogP contribution >= 0.6 is 0 Å². The van der Waals surface area contributed by atoms with E-state index in [1.165, 1.54) is 0 Å². The van der Waals surface area contributed by atoms with Crippen molar-refractivity contribution in [2.24, 2.45) is 0 Å². The Kier molecular flexibility index (Phi) is 5.16. The van der Waals surface area contributed by atoms with Crippen LogP contribution in [0.1, 0.15) is 11.1 Å². The van der Waals surface area contributed by atoms with Gasteiger partial charge in [-0.3, -0.25) is 4.84 Å². The van der Waals surface area contributed by atoms with E-state index >= 15 is 0 Å². The van der Waals surface area contributed by atoms with Gasteiger partial charge in [0.05, 0.1) is 6.61 Å². The predicted octanol–water partition coefficient (Wildman–Crippen LogP) is 2.20. The Morgan fingerprint density at radius 2 is 1.96 bits per heavy atom. The number of hydrogen-bond donors (Lipinski definition) is 2. The second kappa shape index (κ2) is 7.89. The zero-order chi connectivity index (χ0) is 16.6. The molecule has 7 heteroatoms. The molecule has 0 aliphatic rings. The zero-order valence-corrected chi connectivity index (χ0v) is 12.9. The lowest BCUT2D eigenvalue weighted by Crippen LogP contribution is -2.34. The van der Waals surface area contributed by atoms with Crippen LogP contribution in [0.4, 0.5) is 4.79 Å². The van der Waals surface area contributed by atoms with Crippen molar-refractivity contribution in [1.29, 1.82) is 0 Å². The van der Waals surface area contributed by atoms with E-state index in [2.05, 4.69) is 20.9 Å². The molecule has 0 fully saturated rings. The van der Waals surface area contributed by atoms with Gasteiger partial charge >= 0.3 is 6.03 Å². The minimum absolute atomic E-state index is 0.314. The van der Waals surface area contributed by atoms with Crippen LogP contribution in [0.15, 0.2) is 67.1 Å². The van der Waals surface area contributed by atoms with Gasteiger partial charge in [0.15, 0.2) is 5.82 Å². The van der Waals surface area contributed by atoms with Gasteiger partial charge in [0.1, 0.15) is 0 Å². The summed E-state index contributed by atoms with van der Waals surface area (Å²) in [6.45, 7) is 0.668. The molecular formula is C17H17N5O2. The summed E-state index contributed by atoms with van der Waals surface area (Å²) in [5.41, 5.74) is 4.21. The first-order chi connectivity index (χ1) is 11.8. The molecule has 0 bridgehead atoms. The molecule has 0 saturated carbocycles. The fraction of sp³-hybridized carbons (Fsp3) is 0.118. The number of nitrogens with one attached hydrogen (secondary N) is 2. The SMILES string of the molecule is O=C(NCc1ccc(-n2cccn2)nc1)NOCc1ccccc1. The molecule has 0 spiro atoms.